The first-order valence-electron chi connectivity index (χ1n) is 7.98. The topological polar surface area (TPSA) is 66.4 Å². The first kappa shape index (κ1) is 17.7. The number of carboxylic acid groups (broad SMARTS) is 1. The summed E-state index contributed by atoms with van der Waals surface area (Å²) in [5.74, 6) is -1.59. The quantitative estimate of drug-likeness (QED) is 0.841. The number of anilines is 1. The molecule has 0 aliphatic heterocycles. The van der Waals surface area contributed by atoms with Crippen LogP contribution in [-0.2, 0) is 16.0 Å². The molecule has 24 heavy (non-hydrogen) atoms. The minimum absolute atomic E-state index is 0.0912. The summed E-state index contributed by atoms with van der Waals surface area (Å²) in [4.78, 5) is 23.7. The van der Waals surface area contributed by atoms with Crippen molar-refractivity contribution in [2.24, 2.45) is 5.41 Å². The highest BCUT2D eigenvalue weighted by Gasteiger charge is 2.28. The maximum atomic E-state index is 12.6. The Morgan fingerprint density at radius 2 is 1.75 bits per heavy atom. The molecule has 2 rings (SSSR count). The van der Waals surface area contributed by atoms with Crippen LogP contribution in [0.3, 0.4) is 0 Å². The number of rotatable bonds is 6. The van der Waals surface area contributed by atoms with Crippen molar-refractivity contribution in [2.75, 3.05) is 5.32 Å². The van der Waals surface area contributed by atoms with Crippen molar-refractivity contribution < 1.29 is 14.7 Å². The molecule has 0 spiro atoms. The molecular weight excluding hydrogens is 302 g/mol. The van der Waals surface area contributed by atoms with Gasteiger partial charge >= 0.3 is 5.97 Å². The van der Waals surface area contributed by atoms with Crippen LogP contribution in [0, 0.1) is 5.41 Å². The van der Waals surface area contributed by atoms with Gasteiger partial charge in [0.2, 0.25) is 5.91 Å². The first-order chi connectivity index (χ1) is 11.3. The second kappa shape index (κ2) is 7.30. The van der Waals surface area contributed by atoms with Gasteiger partial charge in [-0.25, -0.2) is 0 Å². The average molecular weight is 325 g/mol. The van der Waals surface area contributed by atoms with Crippen LogP contribution in [0.5, 0.6) is 0 Å². The van der Waals surface area contributed by atoms with Crippen LogP contribution in [0.1, 0.15) is 37.8 Å². The number of aliphatic carboxylic acids is 1. The lowest BCUT2D eigenvalue weighted by molar-refractivity contribution is -0.138. The molecule has 1 amide bonds. The Balaban J connectivity index is 2.11. The Morgan fingerprint density at radius 3 is 2.38 bits per heavy atom. The highest BCUT2D eigenvalue weighted by Crippen LogP contribution is 2.25. The minimum atomic E-state index is -0.886. The standard InChI is InChI=1S/C20H23NO3/c1-14(18(22)23)16-10-7-11-17(12-16)21-19(24)20(2,3)13-15-8-5-4-6-9-15/h4-12,14H,13H2,1-3H3,(H,21,24)(H,22,23). The van der Waals surface area contributed by atoms with Gasteiger partial charge in [-0.2, -0.15) is 0 Å². The molecule has 0 fully saturated rings. The maximum absolute atomic E-state index is 12.6. The highest BCUT2D eigenvalue weighted by molar-refractivity contribution is 5.95. The number of carbonyl (C=O) groups excluding carboxylic acids is 1. The summed E-state index contributed by atoms with van der Waals surface area (Å²) in [6.07, 6.45) is 0.630. The lowest BCUT2D eigenvalue weighted by atomic mass is 9.84. The van der Waals surface area contributed by atoms with Crippen molar-refractivity contribution in [3.8, 4) is 0 Å². The number of nitrogens with one attached hydrogen (secondary N) is 1. The maximum Gasteiger partial charge on any atom is 0.310 e. The number of hydrogen-bond acceptors (Lipinski definition) is 2. The molecule has 0 radical (unpaired) electrons. The van der Waals surface area contributed by atoms with Crippen LogP contribution >= 0.6 is 0 Å². The Morgan fingerprint density at radius 1 is 1.08 bits per heavy atom. The van der Waals surface area contributed by atoms with Gasteiger partial charge in [0.15, 0.2) is 0 Å². The smallest absolute Gasteiger partial charge is 0.310 e. The zero-order valence-electron chi connectivity index (χ0n) is 14.2. The van der Waals surface area contributed by atoms with Gasteiger partial charge in [0, 0.05) is 11.1 Å². The third-order valence-corrected chi connectivity index (χ3v) is 4.12. The Bertz CT molecular complexity index is 723. The van der Waals surface area contributed by atoms with Crippen LogP contribution in [-0.4, -0.2) is 17.0 Å². The predicted octanol–water partition coefficient (Wildman–Crippen LogP) is 4.08. The van der Waals surface area contributed by atoms with Gasteiger partial charge in [0.1, 0.15) is 0 Å². The molecule has 0 aliphatic rings. The molecule has 0 heterocycles. The van der Waals surface area contributed by atoms with Gasteiger partial charge in [-0.1, -0.05) is 56.3 Å². The molecule has 2 aromatic carbocycles. The van der Waals surface area contributed by atoms with Gasteiger partial charge in [0.25, 0.3) is 0 Å². The molecule has 4 nitrogen and oxygen atoms in total. The van der Waals surface area contributed by atoms with E-state index in [0.717, 1.165) is 5.56 Å². The van der Waals surface area contributed by atoms with Crippen molar-refractivity contribution in [3.63, 3.8) is 0 Å². The summed E-state index contributed by atoms with van der Waals surface area (Å²) in [7, 11) is 0. The van der Waals surface area contributed by atoms with Gasteiger partial charge in [-0.05, 0) is 36.6 Å². The lowest BCUT2D eigenvalue weighted by Crippen LogP contribution is -2.32. The average Bonchev–Trinajstić information content (AvgIpc) is 2.54. The zero-order chi connectivity index (χ0) is 17.7. The largest absolute Gasteiger partial charge is 0.481 e. The molecule has 126 valence electrons. The van der Waals surface area contributed by atoms with Crippen molar-refractivity contribution in [3.05, 3.63) is 65.7 Å². The monoisotopic (exact) mass is 325 g/mol. The second-order valence-corrected chi connectivity index (χ2v) is 6.69. The van der Waals surface area contributed by atoms with E-state index >= 15 is 0 Å². The van der Waals surface area contributed by atoms with Crippen LogP contribution in [0.25, 0.3) is 0 Å². The number of hydrogen-bond donors (Lipinski definition) is 2. The van der Waals surface area contributed by atoms with Gasteiger partial charge in [-0.15, -0.1) is 0 Å². The van der Waals surface area contributed by atoms with Gasteiger partial charge in [0.05, 0.1) is 5.92 Å². The number of benzene rings is 2. The van der Waals surface area contributed by atoms with E-state index in [0.29, 0.717) is 17.7 Å². The fourth-order valence-electron chi connectivity index (χ4n) is 2.52. The Labute approximate surface area is 142 Å². The fourth-order valence-corrected chi connectivity index (χ4v) is 2.52. The Kier molecular flexibility index (Phi) is 5.39. The molecule has 0 saturated carbocycles. The molecule has 0 aromatic heterocycles. The zero-order valence-corrected chi connectivity index (χ0v) is 14.2. The van der Waals surface area contributed by atoms with Gasteiger partial charge < -0.3 is 10.4 Å². The molecule has 0 bridgehead atoms. The summed E-state index contributed by atoms with van der Waals surface area (Å²) in [5, 5.41) is 12.0. The summed E-state index contributed by atoms with van der Waals surface area (Å²) in [6.45, 7) is 5.43. The van der Waals surface area contributed by atoms with Crippen LogP contribution in [0.2, 0.25) is 0 Å². The Hall–Kier alpha value is -2.62. The van der Waals surface area contributed by atoms with E-state index < -0.39 is 17.3 Å². The number of carbonyl (C=O) groups is 2. The van der Waals surface area contributed by atoms with Crippen molar-refractivity contribution in [2.45, 2.75) is 33.1 Å². The number of carboxylic acids is 1. The van der Waals surface area contributed by atoms with E-state index in [4.69, 9.17) is 5.11 Å². The van der Waals surface area contributed by atoms with Crippen LogP contribution < -0.4 is 5.32 Å². The van der Waals surface area contributed by atoms with E-state index in [1.807, 2.05) is 44.2 Å². The summed E-state index contributed by atoms with van der Waals surface area (Å²) in [5.41, 5.74) is 1.81. The minimum Gasteiger partial charge on any atom is -0.481 e. The van der Waals surface area contributed by atoms with Gasteiger partial charge in [-0.3, -0.25) is 9.59 Å². The van der Waals surface area contributed by atoms with Crippen LogP contribution in [0.4, 0.5) is 5.69 Å². The van der Waals surface area contributed by atoms with Crippen molar-refractivity contribution in [1.82, 2.24) is 0 Å². The van der Waals surface area contributed by atoms with E-state index in [2.05, 4.69) is 5.32 Å². The fraction of sp³-hybridized carbons (Fsp3) is 0.300. The van der Waals surface area contributed by atoms with E-state index in [1.165, 1.54) is 0 Å². The second-order valence-electron chi connectivity index (χ2n) is 6.69. The molecule has 0 saturated heterocycles. The normalized spacial score (nSPS) is 12.5. The van der Waals surface area contributed by atoms with Crippen molar-refractivity contribution >= 4 is 17.6 Å². The highest BCUT2D eigenvalue weighted by atomic mass is 16.4. The molecule has 2 N–H and O–H groups in total. The SMILES string of the molecule is CC(C(=O)O)c1cccc(NC(=O)C(C)(C)Cc2ccccc2)c1. The third-order valence-electron chi connectivity index (χ3n) is 4.12. The molecule has 0 aliphatic carbocycles. The summed E-state index contributed by atoms with van der Waals surface area (Å²) >= 11 is 0. The van der Waals surface area contributed by atoms with Crippen LogP contribution in [0.15, 0.2) is 54.6 Å². The van der Waals surface area contributed by atoms with E-state index in [-0.39, 0.29) is 5.91 Å². The summed E-state index contributed by atoms with van der Waals surface area (Å²) in [6, 6.07) is 16.9. The third kappa shape index (κ3) is 4.44. The van der Waals surface area contributed by atoms with Crippen molar-refractivity contribution in [1.29, 1.82) is 0 Å². The van der Waals surface area contributed by atoms with E-state index in [9.17, 15) is 9.59 Å². The number of amides is 1. The summed E-state index contributed by atoms with van der Waals surface area (Å²) < 4.78 is 0. The molecule has 1 atom stereocenters. The molecular formula is C20H23NO3. The molecule has 1 unspecified atom stereocenters. The van der Waals surface area contributed by atoms with E-state index in [1.54, 1.807) is 31.2 Å². The molecule has 4 heteroatoms. The first-order valence-corrected chi connectivity index (χ1v) is 7.98. The molecule has 2 aromatic rings. The lowest BCUT2D eigenvalue weighted by Gasteiger charge is -2.24. The predicted molar refractivity (Wildman–Crippen MR) is 95.0 cm³/mol.